The van der Waals surface area contributed by atoms with Crippen LogP contribution in [0.5, 0.6) is 5.75 Å². The van der Waals surface area contributed by atoms with Gasteiger partial charge in [-0.2, -0.15) is 18.3 Å². The third-order valence-electron chi connectivity index (χ3n) is 4.63. The number of rotatable bonds is 6. The fourth-order valence-corrected chi connectivity index (χ4v) is 4.14. The van der Waals surface area contributed by atoms with Gasteiger partial charge in [0.2, 0.25) is 0 Å². The van der Waals surface area contributed by atoms with Gasteiger partial charge >= 0.3 is 12.1 Å². The fraction of sp³-hybridized carbons (Fsp3) is 0.0870. The van der Waals surface area contributed by atoms with Crippen molar-refractivity contribution in [1.29, 1.82) is 0 Å². The van der Waals surface area contributed by atoms with Gasteiger partial charge in [-0.25, -0.2) is 4.79 Å². The molecule has 1 heterocycles. The first-order valence-corrected chi connectivity index (χ1v) is 11.4. The van der Waals surface area contributed by atoms with Gasteiger partial charge in [0.05, 0.1) is 32.3 Å². The standard InChI is InChI=1S/C23H17ClF3N3O3S2/c1-12(29-30-22(34)28-15-7-8-16(21(32)33)18(24)10-15)17-11-35-19(20(17)31)9-4-13-2-5-14(6-3-13)23(25,26)27/h2-11,31H,1H3,(H,32,33)(H2,28,30,34)/b9-4?,29-12+. The molecule has 0 fully saturated rings. The van der Waals surface area contributed by atoms with Gasteiger partial charge in [-0.1, -0.05) is 29.8 Å². The summed E-state index contributed by atoms with van der Waals surface area (Å²) in [5, 5.41) is 28.3. The van der Waals surface area contributed by atoms with E-state index in [1.807, 2.05) is 0 Å². The highest BCUT2D eigenvalue weighted by Crippen LogP contribution is 2.32. The number of aromatic hydroxyl groups is 1. The minimum atomic E-state index is -4.40. The van der Waals surface area contributed by atoms with Crippen LogP contribution in [0.1, 0.15) is 38.8 Å². The number of thiophene rings is 1. The van der Waals surface area contributed by atoms with Crippen molar-refractivity contribution in [3.05, 3.63) is 80.0 Å². The van der Waals surface area contributed by atoms with E-state index < -0.39 is 17.7 Å². The highest BCUT2D eigenvalue weighted by Gasteiger charge is 2.29. The molecule has 0 atom stereocenters. The molecule has 35 heavy (non-hydrogen) atoms. The van der Waals surface area contributed by atoms with Crippen molar-refractivity contribution in [1.82, 2.24) is 5.43 Å². The van der Waals surface area contributed by atoms with Crippen LogP contribution in [0.4, 0.5) is 18.9 Å². The molecule has 0 saturated heterocycles. The number of hydrazone groups is 1. The summed E-state index contributed by atoms with van der Waals surface area (Å²) < 4.78 is 38.0. The number of carboxylic acid groups (broad SMARTS) is 1. The minimum absolute atomic E-state index is 0.0314. The third-order valence-corrected chi connectivity index (χ3v) is 6.07. The van der Waals surface area contributed by atoms with Crippen LogP contribution >= 0.6 is 35.2 Å². The van der Waals surface area contributed by atoms with E-state index in [2.05, 4.69) is 15.8 Å². The Bertz CT molecular complexity index is 1320. The summed E-state index contributed by atoms with van der Waals surface area (Å²) in [5.74, 6) is -1.18. The van der Waals surface area contributed by atoms with Gasteiger partial charge in [-0.05, 0) is 61.1 Å². The van der Waals surface area contributed by atoms with E-state index in [-0.39, 0.29) is 21.4 Å². The predicted molar refractivity (Wildman–Crippen MR) is 136 cm³/mol. The molecular weight excluding hydrogens is 523 g/mol. The molecule has 0 aliphatic rings. The molecule has 0 unspecified atom stereocenters. The summed E-state index contributed by atoms with van der Waals surface area (Å²) >= 11 is 12.3. The molecule has 0 amide bonds. The van der Waals surface area contributed by atoms with E-state index in [4.69, 9.17) is 28.9 Å². The lowest BCUT2D eigenvalue weighted by molar-refractivity contribution is -0.137. The number of hydrogen-bond acceptors (Lipinski definition) is 5. The fourth-order valence-electron chi connectivity index (χ4n) is 2.82. The molecule has 0 radical (unpaired) electrons. The van der Waals surface area contributed by atoms with E-state index in [0.717, 1.165) is 12.1 Å². The maximum atomic E-state index is 12.7. The van der Waals surface area contributed by atoms with Crippen LogP contribution in [0.2, 0.25) is 5.02 Å². The summed E-state index contributed by atoms with van der Waals surface area (Å²) in [4.78, 5) is 11.5. The lowest BCUT2D eigenvalue weighted by atomic mass is 10.1. The number of hydrogen-bond donors (Lipinski definition) is 4. The summed E-state index contributed by atoms with van der Waals surface area (Å²) in [7, 11) is 0. The molecule has 0 spiro atoms. The number of nitrogens with one attached hydrogen (secondary N) is 2. The smallest absolute Gasteiger partial charge is 0.416 e. The highest BCUT2D eigenvalue weighted by molar-refractivity contribution is 7.80. The Morgan fingerprint density at radius 3 is 2.43 bits per heavy atom. The second-order valence-electron chi connectivity index (χ2n) is 7.08. The number of carbonyl (C=O) groups is 1. The summed E-state index contributed by atoms with van der Waals surface area (Å²) in [6.45, 7) is 1.65. The van der Waals surface area contributed by atoms with Crippen molar-refractivity contribution < 1.29 is 28.2 Å². The van der Waals surface area contributed by atoms with Crippen LogP contribution in [0.15, 0.2) is 52.9 Å². The quantitative estimate of drug-likeness (QED) is 0.158. The molecule has 0 aliphatic heterocycles. The highest BCUT2D eigenvalue weighted by atomic mass is 35.5. The van der Waals surface area contributed by atoms with Crippen molar-refractivity contribution in [2.24, 2.45) is 5.10 Å². The van der Waals surface area contributed by atoms with E-state index in [9.17, 15) is 23.1 Å². The Labute approximate surface area is 212 Å². The lowest BCUT2D eigenvalue weighted by Gasteiger charge is -2.09. The second kappa shape index (κ2) is 10.9. The Balaban J connectivity index is 1.64. The molecule has 182 valence electrons. The van der Waals surface area contributed by atoms with Crippen LogP contribution < -0.4 is 10.7 Å². The number of alkyl halides is 3. The number of nitrogens with zero attached hydrogens (tertiary/aromatic N) is 1. The number of benzene rings is 2. The molecule has 3 rings (SSSR count). The Kier molecular flexibility index (Phi) is 8.15. The number of aromatic carboxylic acids is 1. The maximum Gasteiger partial charge on any atom is 0.416 e. The average Bonchev–Trinajstić information content (AvgIpc) is 3.16. The van der Waals surface area contributed by atoms with Crippen molar-refractivity contribution in [2.75, 3.05) is 5.32 Å². The van der Waals surface area contributed by atoms with Crippen LogP contribution in [-0.4, -0.2) is 27.0 Å². The van der Waals surface area contributed by atoms with Crippen LogP contribution in [0.3, 0.4) is 0 Å². The Morgan fingerprint density at radius 1 is 1.14 bits per heavy atom. The normalized spacial score (nSPS) is 12.1. The van der Waals surface area contributed by atoms with Crippen molar-refractivity contribution in [3.8, 4) is 5.75 Å². The molecule has 2 aromatic carbocycles. The topological polar surface area (TPSA) is 94.0 Å². The molecular formula is C23H17ClF3N3O3S2. The zero-order chi connectivity index (χ0) is 25.8. The first-order chi connectivity index (χ1) is 16.5. The van der Waals surface area contributed by atoms with Gasteiger partial charge in [0.1, 0.15) is 5.75 Å². The maximum absolute atomic E-state index is 12.7. The van der Waals surface area contributed by atoms with Gasteiger partial charge in [0, 0.05) is 11.1 Å². The molecule has 0 aliphatic carbocycles. The molecule has 3 aromatic rings. The predicted octanol–water partition coefficient (Wildman–Crippen LogP) is 6.71. The summed E-state index contributed by atoms with van der Waals surface area (Å²) in [5.41, 5.74) is 3.74. The lowest BCUT2D eigenvalue weighted by Crippen LogP contribution is -2.25. The SMILES string of the molecule is C/C(=N\NC(=S)Nc1ccc(C(=O)O)c(Cl)c1)c1csc(C=Cc2ccc(C(F)(F)F)cc2)c1O. The molecule has 6 nitrogen and oxygen atoms in total. The van der Waals surface area contributed by atoms with E-state index >= 15 is 0 Å². The first kappa shape index (κ1) is 26.2. The van der Waals surface area contributed by atoms with E-state index in [1.165, 1.54) is 41.7 Å². The van der Waals surface area contributed by atoms with Gasteiger partial charge in [0.15, 0.2) is 5.11 Å². The molecule has 0 saturated carbocycles. The third kappa shape index (κ3) is 6.81. The zero-order valence-electron chi connectivity index (χ0n) is 17.9. The first-order valence-electron chi connectivity index (χ1n) is 9.76. The number of carboxylic acids is 1. The van der Waals surface area contributed by atoms with E-state index in [0.29, 0.717) is 27.4 Å². The van der Waals surface area contributed by atoms with Gasteiger partial charge in [0.25, 0.3) is 0 Å². The Hall–Kier alpha value is -3.41. The second-order valence-corrected chi connectivity index (χ2v) is 8.80. The van der Waals surface area contributed by atoms with Gasteiger partial charge in [-0.15, -0.1) is 11.3 Å². The molecule has 0 bridgehead atoms. The molecule has 12 heteroatoms. The largest absolute Gasteiger partial charge is 0.506 e. The van der Waals surface area contributed by atoms with Crippen LogP contribution in [0.25, 0.3) is 12.2 Å². The zero-order valence-corrected chi connectivity index (χ0v) is 20.2. The Morgan fingerprint density at radius 2 is 1.83 bits per heavy atom. The minimum Gasteiger partial charge on any atom is -0.506 e. The number of halogens is 4. The summed E-state index contributed by atoms with van der Waals surface area (Å²) in [6.07, 6.45) is -1.20. The van der Waals surface area contributed by atoms with Gasteiger partial charge in [-0.3, -0.25) is 5.43 Å². The van der Waals surface area contributed by atoms with Crippen LogP contribution in [-0.2, 0) is 6.18 Å². The van der Waals surface area contributed by atoms with Crippen molar-refractivity contribution in [2.45, 2.75) is 13.1 Å². The van der Waals surface area contributed by atoms with Crippen molar-refractivity contribution in [3.63, 3.8) is 0 Å². The van der Waals surface area contributed by atoms with Gasteiger partial charge < -0.3 is 15.5 Å². The van der Waals surface area contributed by atoms with Crippen LogP contribution in [0, 0.1) is 0 Å². The summed E-state index contributed by atoms with van der Waals surface area (Å²) in [6, 6.07) is 8.93. The molecule has 1 aromatic heterocycles. The van der Waals surface area contributed by atoms with Crippen molar-refractivity contribution >= 4 is 69.8 Å². The van der Waals surface area contributed by atoms with E-state index in [1.54, 1.807) is 24.5 Å². The monoisotopic (exact) mass is 539 g/mol. The average molecular weight is 540 g/mol. The number of thiocarbonyl (C=S) groups is 1. The molecule has 4 N–H and O–H groups in total. The number of anilines is 1.